The van der Waals surface area contributed by atoms with Crippen molar-refractivity contribution in [1.29, 1.82) is 0 Å². The van der Waals surface area contributed by atoms with Crippen LogP contribution in [0.5, 0.6) is 0 Å². The largest absolute Gasteiger partial charge is 0.444 e. The van der Waals surface area contributed by atoms with Gasteiger partial charge in [0.05, 0.1) is 0 Å². The fraction of sp³-hybridized carbons (Fsp3) is 0.640. The van der Waals surface area contributed by atoms with Gasteiger partial charge in [-0.1, -0.05) is 31.5 Å². The van der Waals surface area contributed by atoms with Crippen LogP contribution in [0, 0.1) is 13.8 Å². The molecular formula is C25H39N3O4S. The lowest BCUT2D eigenvalue weighted by molar-refractivity contribution is -0.142. The molecule has 33 heavy (non-hydrogen) atoms. The van der Waals surface area contributed by atoms with Gasteiger partial charge in [0.15, 0.2) is 0 Å². The maximum Gasteiger partial charge on any atom is 0.408 e. The van der Waals surface area contributed by atoms with Crippen LogP contribution in [0.25, 0.3) is 0 Å². The highest BCUT2D eigenvalue weighted by Crippen LogP contribution is 2.37. The molecule has 0 aliphatic heterocycles. The van der Waals surface area contributed by atoms with Gasteiger partial charge in [-0.05, 0) is 70.6 Å². The molecular weight excluding hydrogens is 438 g/mol. The van der Waals surface area contributed by atoms with E-state index in [4.69, 9.17) is 4.74 Å². The number of hydrogen-bond acceptors (Lipinski definition) is 5. The molecule has 2 N–H and O–H groups in total. The molecule has 2 rings (SSSR count). The SMILES string of the molecule is CCCCNC(=O)C(c1c(C)cccc1C)N(C(=O)C(CS)NC(=O)OC(C)(C)C)C1CC1. The number of unbranched alkanes of at least 4 members (excludes halogenated alkanes) is 1. The standard InChI is InChI=1S/C25H39N3O4S/c1-7-8-14-26-22(29)21(20-16(2)10-9-11-17(20)3)28(18-12-13-18)23(30)19(15-33)27-24(31)32-25(4,5)6/h9-11,18-19,21,33H,7-8,12-15H2,1-6H3,(H,26,29)(H,27,31). The first-order chi connectivity index (χ1) is 15.5. The van der Waals surface area contributed by atoms with Crippen LogP contribution in [0.3, 0.4) is 0 Å². The van der Waals surface area contributed by atoms with Crippen LogP contribution in [0.4, 0.5) is 4.79 Å². The molecule has 1 aliphatic carbocycles. The van der Waals surface area contributed by atoms with Crippen molar-refractivity contribution >= 4 is 30.5 Å². The zero-order chi connectivity index (χ0) is 24.8. The van der Waals surface area contributed by atoms with Crippen LogP contribution in [0.2, 0.25) is 0 Å². The highest BCUT2D eigenvalue weighted by atomic mass is 32.1. The molecule has 7 nitrogen and oxygen atoms in total. The summed E-state index contributed by atoms with van der Waals surface area (Å²) in [5, 5.41) is 5.67. The number of hydrogen-bond donors (Lipinski definition) is 3. The van der Waals surface area contributed by atoms with E-state index in [1.54, 1.807) is 25.7 Å². The van der Waals surface area contributed by atoms with Crippen molar-refractivity contribution < 1.29 is 19.1 Å². The van der Waals surface area contributed by atoms with Crippen LogP contribution in [-0.2, 0) is 14.3 Å². The first-order valence-electron chi connectivity index (χ1n) is 11.8. The van der Waals surface area contributed by atoms with Gasteiger partial charge in [0.2, 0.25) is 11.8 Å². The Bertz CT molecular complexity index is 828. The number of aryl methyl sites for hydroxylation is 2. The van der Waals surface area contributed by atoms with Crippen molar-refractivity contribution in [2.45, 2.75) is 91.0 Å². The molecule has 0 saturated heterocycles. The first-order valence-corrected chi connectivity index (χ1v) is 12.4. The van der Waals surface area contributed by atoms with E-state index >= 15 is 0 Å². The second-order valence-corrected chi connectivity index (χ2v) is 10.1. The third-order valence-corrected chi connectivity index (χ3v) is 5.90. The summed E-state index contributed by atoms with van der Waals surface area (Å²) in [5.41, 5.74) is 2.05. The van der Waals surface area contributed by atoms with Crippen molar-refractivity contribution in [2.24, 2.45) is 0 Å². The Balaban J connectivity index is 2.41. The summed E-state index contributed by atoms with van der Waals surface area (Å²) in [6.45, 7) is 11.8. The number of benzene rings is 1. The van der Waals surface area contributed by atoms with Gasteiger partial charge in [-0.2, -0.15) is 12.6 Å². The number of thiol groups is 1. The van der Waals surface area contributed by atoms with Crippen molar-refractivity contribution in [1.82, 2.24) is 15.5 Å². The lowest BCUT2D eigenvalue weighted by Gasteiger charge is -2.35. The van der Waals surface area contributed by atoms with E-state index in [-0.39, 0.29) is 23.6 Å². The number of carbonyl (C=O) groups excluding carboxylic acids is 3. The van der Waals surface area contributed by atoms with Gasteiger partial charge in [0.25, 0.3) is 0 Å². The van der Waals surface area contributed by atoms with Crippen molar-refractivity contribution in [3.8, 4) is 0 Å². The van der Waals surface area contributed by atoms with Gasteiger partial charge in [-0.15, -0.1) is 0 Å². The van der Waals surface area contributed by atoms with E-state index in [1.807, 2.05) is 32.0 Å². The molecule has 2 atom stereocenters. The molecule has 3 amide bonds. The van der Waals surface area contributed by atoms with Gasteiger partial charge in [0, 0.05) is 18.3 Å². The minimum Gasteiger partial charge on any atom is -0.444 e. The molecule has 0 radical (unpaired) electrons. The number of carbonyl (C=O) groups is 3. The van der Waals surface area contributed by atoms with E-state index in [9.17, 15) is 14.4 Å². The highest BCUT2D eigenvalue weighted by molar-refractivity contribution is 7.80. The molecule has 8 heteroatoms. The summed E-state index contributed by atoms with van der Waals surface area (Å²) in [4.78, 5) is 41.3. The zero-order valence-corrected chi connectivity index (χ0v) is 21.6. The zero-order valence-electron chi connectivity index (χ0n) is 20.7. The Morgan fingerprint density at radius 3 is 2.27 bits per heavy atom. The molecule has 1 aromatic carbocycles. The summed E-state index contributed by atoms with van der Waals surface area (Å²) in [7, 11) is 0. The van der Waals surface area contributed by atoms with Gasteiger partial charge in [-0.3, -0.25) is 9.59 Å². The average molecular weight is 478 g/mol. The van der Waals surface area contributed by atoms with Crippen LogP contribution in [-0.4, -0.2) is 52.8 Å². The summed E-state index contributed by atoms with van der Waals surface area (Å²) in [5.74, 6) is -0.425. The third kappa shape index (κ3) is 7.66. The number of ether oxygens (including phenoxy) is 1. The number of rotatable bonds is 10. The maximum atomic E-state index is 13.8. The molecule has 1 fully saturated rings. The van der Waals surface area contributed by atoms with Gasteiger partial charge >= 0.3 is 6.09 Å². The van der Waals surface area contributed by atoms with E-state index < -0.39 is 23.8 Å². The number of alkyl carbamates (subject to hydrolysis) is 1. The van der Waals surface area contributed by atoms with E-state index in [1.165, 1.54) is 0 Å². The lowest BCUT2D eigenvalue weighted by Crippen LogP contribution is -2.54. The van der Waals surface area contributed by atoms with Crippen LogP contribution in [0.1, 0.15) is 76.1 Å². The predicted molar refractivity (Wildman–Crippen MR) is 133 cm³/mol. The van der Waals surface area contributed by atoms with E-state index in [2.05, 4.69) is 30.2 Å². The number of nitrogens with zero attached hydrogens (tertiary/aromatic N) is 1. The van der Waals surface area contributed by atoms with Crippen molar-refractivity contribution in [3.05, 3.63) is 34.9 Å². The Labute approximate surface area is 203 Å². The third-order valence-electron chi connectivity index (χ3n) is 5.54. The van der Waals surface area contributed by atoms with Crippen LogP contribution >= 0.6 is 12.6 Å². The molecule has 0 heterocycles. The van der Waals surface area contributed by atoms with E-state index in [0.717, 1.165) is 42.4 Å². The highest BCUT2D eigenvalue weighted by Gasteiger charge is 2.44. The monoisotopic (exact) mass is 477 g/mol. The fourth-order valence-electron chi connectivity index (χ4n) is 3.83. The number of nitrogens with one attached hydrogen (secondary N) is 2. The second kappa shape index (κ2) is 11.8. The minimum atomic E-state index is -0.904. The summed E-state index contributed by atoms with van der Waals surface area (Å²) in [6, 6.07) is 4.13. The molecule has 0 bridgehead atoms. The molecule has 0 aromatic heterocycles. The average Bonchev–Trinajstić information content (AvgIpc) is 3.54. The van der Waals surface area contributed by atoms with Crippen LogP contribution < -0.4 is 10.6 Å². The summed E-state index contributed by atoms with van der Waals surface area (Å²) in [6.07, 6.45) is 2.78. The quantitative estimate of drug-likeness (QED) is 0.350. The normalized spacial score (nSPS) is 15.4. The summed E-state index contributed by atoms with van der Waals surface area (Å²) < 4.78 is 5.34. The molecule has 0 spiro atoms. The van der Waals surface area contributed by atoms with Crippen molar-refractivity contribution in [2.75, 3.05) is 12.3 Å². The minimum absolute atomic E-state index is 0.0544. The maximum absolute atomic E-state index is 13.8. The molecule has 1 saturated carbocycles. The predicted octanol–water partition coefficient (Wildman–Crippen LogP) is 4.07. The number of amides is 3. The van der Waals surface area contributed by atoms with Crippen LogP contribution in [0.15, 0.2) is 18.2 Å². The van der Waals surface area contributed by atoms with Crippen molar-refractivity contribution in [3.63, 3.8) is 0 Å². The van der Waals surface area contributed by atoms with Gasteiger partial charge in [-0.25, -0.2) is 4.79 Å². The fourth-order valence-corrected chi connectivity index (χ4v) is 4.07. The Kier molecular flexibility index (Phi) is 9.64. The molecule has 1 aromatic rings. The van der Waals surface area contributed by atoms with E-state index in [0.29, 0.717) is 6.54 Å². The molecule has 1 aliphatic rings. The first kappa shape index (κ1) is 27.0. The summed E-state index contributed by atoms with van der Waals surface area (Å²) >= 11 is 4.32. The van der Waals surface area contributed by atoms with Gasteiger partial charge < -0.3 is 20.3 Å². The Hall–Kier alpha value is -2.22. The Morgan fingerprint density at radius 2 is 1.79 bits per heavy atom. The molecule has 184 valence electrons. The van der Waals surface area contributed by atoms with Gasteiger partial charge in [0.1, 0.15) is 17.7 Å². The topological polar surface area (TPSA) is 87.7 Å². The smallest absolute Gasteiger partial charge is 0.408 e. The Morgan fingerprint density at radius 1 is 1.18 bits per heavy atom. The second-order valence-electron chi connectivity index (χ2n) is 9.71. The lowest BCUT2D eigenvalue weighted by atomic mass is 9.93. The molecule has 2 unspecified atom stereocenters.